The molecule has 0 spiro atoms. The predicted octanol–water partition coefficient (Wildman–Crippen LogP) is 2.93. The van der Waals surface area contributed by atoms with Gasteiger partial charge in [0.25, 0.3) is 0 Å². The number of nitrogens with zero attached hydrogens (tertiary/aromatic N) is 1. The highest BCUT2D eigenvalue weighted by atomic mass is 35.5. The van der Waals surface area contributed by atoms with Crippen LogP contribution in [-0.4, -0.2) is 37.2 Å². The fourth-order valence-corrected chi connectivity index (χ4v) is 2.99. The summed E-state index contributed by atoms with van der Waals surface area (Å²) < 4.78 is 5.44. The largest absolute Gasteiger partial charge is 0.381 e. The highest BCUT2D eigenvalue weighted by molar-refractivity contribution is 6.33. The van der Waals surface area contributed by atoms with Crippen LogP contribution in [0.3, 0.4) is 0 Å². The van der Waals surface area contributed by atoms with Crippen molar-refractivity contribution in [2.24, 2.45) is 5.73 Å². The van der Waals surface area contributed by atoms with Crippen LogP contribution in [0.4, 0.5) is 0 Å². The van der Waals surface area contributed by atoms with Gasteiger partial charge in [0.05, 0.1) is 6.10 Å². The minimum absolute atomic E-state index is 0.319. The lowest BCUT2D eigenvalue weighted by atomic mass is 9.98. The van der Waals surface area contributed by atoms with Crippen LogP contribution < -0.4 is 5.73 Å². The highest BCUT2D eigenvalue weighted by Crippen LogP contribution is 2.26. The van der Waals surface area contributed by atoms with Gasteiger partial charge in [0.1, 0.15) is 0 Å². The number of methoxy groups -OCH3 is 1. The van der Waals surface area contributed by atoms with E-state index >= 15 is 0 Å². The number of ether oxygens (including phenoxy) is 1. The van der Waals surface area contributed by atoms with Crippen molar-refractivity contribution in [2.45, 2.75) is 31.5 Å². The molecule has 0 aliphatic carbocycles. The molecule has 1 saturated heterocycles. The van der Waals surface area contributed by atoms with Gasteiger partial charge in [-0.1, -0.05) is 23.2 Å². The molecule has 0 aromatic heterocycles. The summed E-state index contributed by atoms with van der Waals surface area (Å²) in [6, 6.07) is 5.93. The SMILES string of the molecule is COC1CCN(Cc2cc(Cl)ccc2Cl)C(CN)C1. The van der Waals surface area contributed by atoms with Gasteiger partial charge in [0.15, 0.2) is 0 Å². The molecule has 1 aliphatic rings. The third-order valence-corrected chi connectivity index (χ3v) is 4.38. The van der Waals surface area contributed by atoms with Gasteiger partial charge in [-0.05, 0) is 36.6 Å². The first-order valence-corrected chi connectivity index (χ1v) is 7.30. The Balaban J connectivity index is 2.07. The van der Waals surface area contributed by atoms with E-state index in [-0.39, 0.29) is 0 Å². The molecular formula is C14H20Cl2N2O. The number of hydrogen-bond donors (Lipinski definition) is 1. The van der Waals surface area contributed by atoms with Crippen LogP contribution in [0, 0.1) is 0 Å². The zero-order valence-corrected chi connectivity index (χ0v) is 12.6. The third kappa shape index (κ3) is 3.83. The second-order valence-electron chi connectivity index (χ2n) is 4.98. The number of benzene rings is 1. The number of nitrogens with two attached hydrogens (primary N) is 1. The molecule has 1 aromatic rings. The molecule has 2 N–H and O–H groups in total. The Morgan fingerprint density at radius 1 is 1.42 bits per heavy atom. The van der Waals surface area contributed by atoms with E-state index in [0.717, 1.165) is 41.5 Å². The molecule has 0 amide bonds. The fourth-order valence-electron chi connectivity index (χ4n) is 2.61. The van der Waals surface area contributed by atoms with Crippen molar-refractivity contribution >= 4 is 23.2 Å². The molecule has 2 rings (SSSR count). The summed E-state index contributed by atoms with van der Waals surface area (Å²) in [5, 5.41) is 1.48. The third-order valence-electron chi connectivity index (χ3n) is 3.78. The summed E-state index contributed by atoms with van der Waals surface area (Å²) in [6.45, 7) is 2.40. The van der Waals surface area contributed by atoms with Gasteiger partial charge in [0.2, 0.25) is 0 Å². The molecule has 19 heavy (non-hydrogen) atoms. The van der Waals surface area contributed by atoms with Gasteiger partial charge in [0, 0.05) is 42.8 Å². The van der Waals surface area contributed by atoms with Crippen molar-refractivity contribution in [3.8, 4) is 0 Å². The second kappa shape index (κ2) is 6.91. The summed E-state index contributed by atoms with van der Waals surface area (Å²) in [5.74, 6) is 0. The summed E-state index contributed by atoms with van der Waals surface area (Å²) in [4.78, 5) is 2.37. The van der Waals surface area contributed by atoms with Gasteiger partial charge in [-0.3, -0.25) is 4.90 Å². The topological polar surface area (TPSA) is 38.5 Å². The van der Waals surface area contributed by atoms with E-state index in [1.54, 1.807) is 7.11 Å². The first-order chi connectivity index (χ1) is 9.13. The van der Waals surface area contributed by atoms with Crippen molar-refractivity contribution in [1.82, 2.24) is 4.90 Å². The Labute approximate surface area is 124 Å². The molecule has 3 nitrogen and oxygen atoms in total. The molecule has 2 atom stereocenters. The van der Waals surface area contributed by atoms with E-state index < -0.39 is 0 Å². The van der Waals surface area contributed by atoms with Crippen LogP contribution in [0.25, 0.3) is 0 Å². The minimum atomic E-state index is 0.319. The summed E-state index contributed by atoms with van der Waals surface area (Å²) in [6.07, 6.45) is 2.33. The fraction of sp³-hybridized carbons (Fsp3) is 0.571. The van der Waals surface area contributed by atoms with E-state index in [4.69, 9.17) is 33.7 Å². The van der Waals surface area contributed by atoms with Gasteiger partial charge in [-0.2, -0.15) is 0 Å². The molecule has 0 bridgehead atoms. The predicted molar refractivity (Wildman–Crippen MR) is 79.7 cm³/mol. The van der Waals surface area contributed by atoms with E-state index in [1.165, 1.54) is 0 Å². The minimum Gasteiger partial charge on any atom is -0.381 e. The highest BCUT2D eigenvalue weighted by Gasteiger charge is 2.27. The van der Waals surface area contributed by atoms with Gasteiger partial charge >= 0.3 is 0 Å². The van der Waals surface area contributed by atoms with Gasteiger partial charge in [-0.25, -0.2) is 0 Å². The zero-order valence-electron chi connectivity index (χ0n) is 11.1. The Morgan fingerprint density at radius 2 is 2.21 bits per heavy atom. The van der Waals surface area contributed by atoms with Crippen molar-refractivity contribution in [3.63, 3.8) is 0 Å². The quantitative estimate of drug-likeness (QED) is 0.929. The van der Waals surface area contributed by atoms with Crippen LogP contribution in [0.5, 0.6) is 0 Å². The summed E-state index contributed by atoms with van der Waals surface area (Å²) in [5.41, 5.74) is 6.93. The van der Waals surface area contributed by atoms with Crippen LogP contribution in [0.1, 0.15) is 18.4 Å². The molecule has 2 unspecified atom stereocenters. The van der Waals surface area contributed by atoms with E-state index in [1.807, 2.05) is 18.2 Å². The molecule has 0 saturated carbocycles. The maximum Gasteiger partial charge on any atom is 0.0599 e. The zero-order chi connectivity index (χ0) is 13.8. The second-order valence-corrected chi connectivity index (χ2v) is 5.82. The maximum atomic E-state index is 6.22. The Hall–Kier alpha value is -0.320. The van der Waals surface area contributed by atoms with Crippen LogP contribution in [-0.2, 0) is 11.3 Å². The molecule has 1 aromatic carbocycles. The number of rotatable bonds is 4. The maximum absolute atomic E-state index is 6.22. The van der Waals surface area contributed by atoms with Crippen molar-refractivity contribution in [3.05, 3.63) is 33.8 Å². The molecule has 0 radical (unpaired) electrons. The Bertz CT molecular complexity index is 428. The van der Waals surface area contributed by atoms with Crippen molar-refractivity contribution in [2.75, 3.05) is 20.2 Å². The first kappa shape index (κ1) is 15.1. The number of halogens is 2. The summed E-state index contributed by atoms with van der Waals surface area (Å²) >= 11 is 12.2. The monoisotopic (exact) mass is 302 g/mol. The Kier molecular flexibility index (Phi) is 5.48. The lowest BCUT2D eigenvalue weighted by Crippen LogP contribution is -2.48. The average Bonchev–Trinajstić information content (AvgIpc) is 2.43. The van der Waals surface area contributed by atoms with Gasteiger partial charge in [-0.15, -0.1) is 0 Å². The van der Waals surface area contributed by atoms with Crippen LogP contribution in [0.15, 0.2) is 18.2 Å². The molecular weight excluding hydrogens is 283 g/mol. The van der Waals surface area contributed by atoms with Crippen molar-refractivity contribution < 1.29 is 4.74 Å². The van der Waals surface area contributed by atoms with Gasteiger partial charge < -0.3 is 10.5 Å². The summed E-state index contributed by atoms with van der Waals surface area (Å²) in [7, 11) is 1.77. The van der Waals surface area contributed by atoms with E-state index in [0.29, 0.717) is 18.7 Å². The van der Waals surface area contributed by atoms with E-state index in [2.05, 4.69) is 4.90 Å². The van der Waals surface area contributed by atoms with Crippen molar-refractivity contribution in [1.29, 1.82) is 0 Å². The van der Waals surface area contributed by atoms with E-state index in [9.17, 15) is 0 Å². The standard InChI is InChI=1S/C14H20Cl2N2O/c1-19-13-4-5-18(12(7-13)8-17)9-10-6-11(15)2-3-14(10)16/h2-3,6,12-13H,4-5,7-9,17H2,1H3. The molecule has 106 valence electrons. The van der Waals surface area contributed by atoms with Crippen LogP contribution >= 0.6 is 23.2 Å². The Morgan fingerprint density at radius 3 is 2.89 bits per heavy atom. The first-order valence-electron chi connectivity index (χ1n) is 6.55. The normalized spacial score (nSPS) is 24.6. The number of likely N-dealkylation sites (tertiary alicyclic amines) is 1. The number of piperidine rings is 1. The lowest BCUT2D eigenvalue weighted by molar-refractivity contribution is 0.0102. The molecule has 5 heteroatoms. The lowest BCUT2D eigenvalue weighted by Gasteiger charge is -2.38. The molecule has 1 aliphatic heterocycles. The smallest absolute Gasteiger partial charge is 0.0599 e. The molecule has 1 fully saturated rings. The number of hydrogen-bond acceptors (Lipinski definition) is 3. The van der Waals surface area contributed by atoms with Crippen LogP contribution in [0.2, 0.25) is 10.0 Å². The average molecular weight is 303 g/mol. The molecule has 1 heterocycles.